The van der Waals surface area contributed by atoms with Crippen molar-refractivity contribution in [2.45, 2.75) is 26.2 Å². The van der Waals surface area contributed by atoms with Gasteiger partial charge in [0.2, 0.25) is 5.91 Å². The summed E-state index contributed by atoms with van der Waals surface area (Å²) >= 11 is 0. The van der Waals surface area contributed by atoms with Crippen LogP contribution in [0.3, 0.4) is 0 Å². The van der Waals surface area contributed by atoms with Gasteiger partial charge >= 0.3 is 0 Å². The van der Waals surface area contributed by atoms with Gasteiger partial charge < -0.3 is 14.4 Å². The van der Waals surface area contributed by atoms with Crippen molar-refractivity contribution < 1.29 is 19.1 Å². The van der Waals surface area contributed by atoms with Crippen molar-refractivity contribution in [3.05, 3.63) is 59.7 Å². The van der Waals surface area contributed by atoms with Crippen LogP contribution in [0.25, 0.3) is 0 Å². The summed E-state index contributed by atoms with van der Waals surface area (Å²) in [7, 11) is 1.60. The number of carbonyl (C=O) groups is 2. The van der Waals surface area contributed by atoms with Gasteiger partial charge in [0.1, 0.15) is 11.5 Å². The van der Waals surface area contributed by atoms with Gasteiger partial charge in [0.05, 0.1) is 20.1 Å². The van der Waals surface area contributed by atoms with Gasteiger partial charge in [0.15, 0.2) is 5.78 Å². The molecule has 1 heterocycles. The number of likely N-dealkylation sites (tertiary alicyclic amines) is 1. The number of amides is 1. The van der Waals surface area contributed by atoms with Crippen molar-refractivity contribution in [3.8, 4) is 11.5 Å². The van der Waals surface area contributed by atoms with Gasteiger partial charge in [-0.2, -0.15) is 0 Å². The molecule has 1 fully saturated rings. The largest absolute Gasteiger partial charge is 0.497 e. The minimum Gasteiger partial charge on any atom is -0.497 e. The molecule has 0 bridgehead atoms. The Labute approximate surface area is 166 Å². The number of methoxy groups -OCH3 is 1. The maximum Gasteiger partial charge on any atom is 0.227 e. The summed E-state index contributed by atoms with van der Waals surface area (Å²) in [4.78, 5) is 27.4. The van der Waals surface area contributed by atoms with Crippen LogP contribution in [0.5, 0.6) is 11.5 Å². The molecule has 148 valence electrons. The van der Waals surface area contributed by atoms with E-state index >= 15 is 0 Å². The van der Waals surface area contributed by atoms with E-state index in [0.29, 0.717) is 31.7 Å². The topological polar surface area (TPSA) is 55.8 Å². The van der Waals surface area contributed by atoms with Crippen molar-refractivity contribution in [2.24, 2.45) is 5.92 Å². The van der Waals surface area contributed by atoms with Gasteiger partial charge in [-0.3, -0.25) is 9.59 Å². The SMILES string of the molecule is CCOc1ccc(CC(=O)N2CCCC(C(=O)c3ccc(OC)cc3)C2)cc1. The van der Waals surface area contributed by atoms with E-state index < -0.39 is 0 Å². The molecule has 0 N–H and O–H groups in total. The monoisotopic (exact) mass is 381 g/mol. The molecule has 5 heteroatoms. The molecule has 0 saturated carbocycles. The zero-order valence-electron chi connectivity index (χ0n) is 16.5. The van der Waals surface area contributed by atoms with E-state index in [2.05, 4.69) is 0 Å². The number of rotatable bonds is 7. The summed E-state index contributed by atoms with van der Waals surface area (Å²) in [6.07, 6.45) is 2.01. The highest BCUT2D eigenvalue weighted by Gasteiger charge is 2.29. The van der Waals surface area contributed by atoms with E-state index in [1.165, 1.54) is 0 Å². The van der Waals surface area contributed by atoms with E-state index in [0.717, 1.165) is 29.9 Å². The van der Waals surface area contributed by atoms with Crippen LogP contribution < -0.4 is 9.47 Å². The minimum absolute atomic E-state index is 0.0661. The molecule has 0 spiro atoms. The first-order chi connectivity index (χ1) is 13.6. The second-order valence-electron chi connectivity index (χ2n) is 7.03. The molecule has 1 atom stereocenters. The second-order valence-corrected chi connectivity index (χ2v) is 7.03. The Morgan fingerprint density at radius 3 is 2.36 bits per heavy atom. The normalized spacial score (nSPS) is 16.5. The fraction of sp³-hybridized carbons (Fsp3) is 0.391. The number of nitrogens with zero attached hydrogens (tertiary/aromatic N) is 1. The standard InChI is InChI=1S/C23H27NO4/c1-3-28-21-10-6-17(7-11-21)15-22(25)24-14-4-5-19(16-24)23(26)18-8-12-20(27-2)13-9-18/h6-13,19H,3-5,14-16H2,1-2H3. The number of ether oxygens (including phenoxy) is 2. The summed E-state index contributed by atoms with van der Waals surface area (Å²) in [5.74, 6) is 1.55. The lowest BCUT2D eigenvalue weighted by molar-refractivity contribution is -0.131. The van der Waals surface area contributed by atoms with E-state index in [1.54, 1.807) is 31.4 Å². The van der Waals surface area contributed by atoms with Crippen LogP contribution in [-0.2, 0) is 11.2 Å². The van der Waals surface area contributed by atoms with E-state index in [4.69, 9.17) is 9.47 Å². The molecule has 2 aromatic rings. The first-order valence-electron chi connectivity index (χ1n) is 9.78. The molecule has 1 aliphatic rings. The molecule has 1 unspecified atom stereocenters. The Bertz CT molecular complexity index is 798. The van der Waals surface area contributed by atoms with Gasteiger partial charge in [-0.25, -0.2) is 0 Å². The highest BCUT2D eigenvalue weighted by molar-refractivity contribution is 5.98. The molecule has 0 radical (unpaired) electrons. The average Bonchev–Trinajstić information content (AvgIpc) is 2.75. The molecule has 5 nitrogen and oxygen atoms in total. The van der Waals surface area contributed by atoms with Crippen molar-refractivity contribution in [1.29, 1.82) is 0 Å². The highest BCUT2D eigenvalue weighted by atomic mass is 16.5. The fourth-order valence-corrected chi connectivity index (χ4v) is 3.57. The summed E-state index contributed by atoms with van der Waals surface area (Å²) in [5, 5.41) is 0. The van der Waals surface area contributed by atoms with Crippen LogP contribution in [0.2, 0.25) is 0 Å². The number of Topliss-reactive ketones (excluding diaryl/α,β-unsaturated/α-hetero) is 1. The molecule has 0 aromatic heterocycles. The Morgan fingerprint density at radius 1 is 1.04 bits per heavy atom. The molecule has 1 saturated heterocycles. The number of ketones is 1. The molecular formula is C23H27NO4. The smallest absolute Gasteiger partial charge is 0.227 e. The summed E-state index contributed by atoms with van der Waals surface area (Å²) < 4.78 is 10.6. The molecule has 28 heavy (non-hydrogen) atoms. The average molecular weight is 381 g/mol. The van der Waals surface area contributed by atoms with Crippen LogP contribution in [0, 0.1) is 5.92 Å². The van der Waals surface area contributed by atoms with Gasteiger partial charge in [0, 0.05) is 24.6 Å². The van der Waals surface area contributed by atoms with E-state index in [1.807, 2.05) is 36.1 Å². The summed E-state index contributed by atoms with van der Waals surface area (Å²) in [6.45, 7) is 3.76. The van der Waals surface area contributed by atoms with Crippen molar-refractivity contribution in [1.82, 2.24) is 4.90 Å². The number of piperidine rings is 1. The summed E-state index contributed by atoms with van der Waals surface area (Å²) in [6, 6.07) is 14.8. The van der Waals surface area contributed by atoms with Crippen LogP contribution in [0.1, 0.15) is 35.7 Å². The zero-order chi connectivity index (χ0) is 19.9. The second kappa shape index (κ2) is 9.40. The Kier molecular flexibility index (Phi) is 6.69. The lowest BCUT2D eigenvalue weighted by Gasteiger charge is -2.32. The molecular weight excluding hydrogens is 354 g/mol. The Morgan fingerprint density at radius 2 is 1.71 bits per heavy atom. The molecule has 0 aliphatic carbocycles. The fourth-order valence-electron chi connectivity index (χ4n) is 3.57. The van der Waals surface area contributed by atoms with E-state index in [-0.39, 0.29) is 17.6 Å². The predicted molar refractivity (Wildman–Crippen MR) is 108 cm³/mol. The number of hydrogen-bond acceptors (Lipinski definition) is 4. The number of carbonyl (C=O) groups excluding carboxylic acids is 2. The Hall–Kier alpha value is -2.82. The van der Waals surface area contributed by atoms with Crippen molar-refractivity contribution in [3.63, 3.8) is 0 Å². The van der Waals surface area contributed by atoms with Gasteiger partial charge in [-0.1, -0.05) is 12.1 Å². The predicted octanol–water partition coefficient (Wildman–Crippen LogP) is 3.76. The van der Waals surface area contributed by atoms with Crippen LogP contribution in [-0.4, -0.2) is 43.4 Å². The quantitative estimate of drug-likeness (QED) is 0.686. The minimum atomic E-state index is -0.147. The van der Waals surface area contributed by atoms with Crippen molar-refractivity contribution >= 4 is 11.7 Å². The van der Waals surface area contributed by atoms with Crippen LogP contribution in [0.4, 0.5) is 0 Å². The first-order valence-corrected chi connectivity index (χ1v) is 9.78. The maximum absolute atomic E-state index is 12.8. The number of hydrogen-bond donors (Lipinski definition) is 0. The Balaban J connectivity index is 1.60. The van der Waals surface area contributed by atoms with Gasteiger partial charge in [-0.05, 0) is 61.7 Å². The third kappa shape index (κ3) is 4.91. The van der Waals surface area contributed by atoms with E-state index in [9.17, 15) is 9.59 Å². The molecule has 3 rings (SSSR count). The number of benzene rings is 2. The van der Waals surface area contributed by atoms with Crippen LogP contribution >= 0.6 is 0 Å². The highest BCUT2D eigenvalue weighted by Crippen LogP contribution is 2.23. The molecule has 1 aliphatic heterocycles. The van der Waals surface area contributed by atoms with Gasteiger partial charge in [0.25, 0.3) is 0 Å². The lowest BCUT2D eigenvalue weighted by Crippen LogP contribution is -2.43. The third-order valence-electron chi connectivity index (χ3n) is 5.11. The molecule has 2 aromatic carbocycles. The zero-order valence-corrected chi connectivity index (χ0v) is 16.5. The lowest BCUT2D eigenvalue weighted by atomic mass is 9.89. The maximum atomic E-state index is 12.8. The summed E-state index contributed by atoms with van der Waals surface area (Å²) in [5.41, 5.74) is 1.63. The van der Waals surface area contributed by atoms with Gasteiger partial charge in [-0.15, -0.1) is 0 Å². The first kappa shape index (κ1) is 19.9. The van der Waals surface area contributed by atoms with Crippen molar-refractivity contribution in [2.75, 3.05) is 26.8 Å². The molecule has 1 amide bonds. The third-order valence-corrected chi connectivity index (χ3v) is 5.11. The van der Waals surface area contributed by atoms with Crippen LogP contribution in [0.15, 0.2) is 48.5 Å².